The molecule has 2 aromatic carbocycles. The van der Waals surface area contributed by atoms with Crippen LogP contribution in [0.1, 0.15) is 5.56 Å². The van der Waals surface area contributed by atoms with Gasteiger partial charge in [0, 0.05) is 11.8 Å². The van der Waals surface area contributed by atoms with Crippen molar-refractivity contribution < 1.29 is 22.0 Å². The van der Waals surface area contributed by atoms with Crippen molar-refractivity contribution in [3.05, 3.63) is 59.7 Å². The summed E-state index contributed by atoms with van der Waals surface area (Å²) in [4.78, 5) is 12.2. The van der Waals surface area contributed by atoms with Crippen LogP contribution in [0.25, 0.3) is 0 Å². The highest BCUT2D eigenvalue weighted by molar-refractivity contribution is 7.92. The molecule has 0 heterocycles. The summed E-state index contributed by atoms with van der Waals surface area (Å²) in [6.07, 6.45) is 0.844. The standard InChI is InChI=1S/C16H16F2N2O3S/c1-11-5-3-4-6-14(11)19-16(21)10-20(24(2,22)23)15-8-7-12(17)9-13(15)18/h3-9H,10H2,1-2H3,(H,19,21). The first-order valence-corrected chi connectivity index (χ1v) is 8.81. The van der Waals surface area contributed by atoms with E-state index in [-0.39, 0.29) is 5.69 Å². The van der Waals surface area contributed by atoms with Crippen LogP contribution < -0.4 is 9.62 Å². The number of carbonyl (C=O) groups excluding carboxylic acids is 1. The molecule has 0 radical (unpaired) electrons. The van der Waals surface area contributed by atoms with Crippen molar-refractivity contribution >= 4 is 27.3 Å². The summed E-state index contributed by atoms with van der Waals surface area (Å²) in [6.45, 7) is 1.15. The van der Waals surface area contributed by atoms with Gasteiger partial charge in [-0.25, -0.2) is 17.2 Å². The largest absolute Gasteiger partial charge is 0.324 e. The number of amides is 1. The Morgan fingerprint density at radius 1 is 1.17 bits per heavy atom. The molecule has 1 N–H and O–H groups in total. The predicted octanol–water partition coefficient (Wildman–Crippen LogP) is 2.68. The number of nitrogens with zero attached hydrogens (tertiary/aromatic N) is 1. The third kappa shape index (κ3) is 4.29. The lowest BCUT2D eigenvalue weighted by molar-refractivity contribution is -0.114. The molecule has 0 fully saturated rings. The monoisotopic (exact) mass is 354 g/mol. The third-order valence-corrected chi connectivity index (χ3v) is 4.41. The van der Waals surface area contributed by atoms with Crippen molar-refractivity contribution in [2.45, 2.75) is 6.92 Å². The van der Waals surface area contributed by atoms with E-state index in [9.17, 15) is 22.0 Å². The SMILES string of the molecule is Cc1ccccc1NC(=O)CN(c1ccc(F)cc1F)S(C)(=O)=O. The molecular formula is C16H16F2N2O3S. The number of carbonyl (C=O) groups is 1. The van der Waals surface area contributed by atoms with Crippen LogP contribution in [-0.2, 0) is 14.8 Å². The lowest BCUT2D eigenvalue weighted by Gasteiger charge is -2.22. The number of rotatable bonds is 5. The minimum atomic E-state index is -3.94. The van der Waals surface area contributed by atoms with E-state index in [1.165, 1.54) is 0 Å². The fourth-order valence-electron chi connectivity index (χ4n) is 2.10. The van der Waals surface area contributed by atoms with Crippen molar-refractivity contribution in [2.24, 2.45) is 0 Å². The fraction of sp³-hybridized carbons (Fsp3) is 0.188. The van der Waals surface area contributed by atoms with Gasteiger partial charge in [-0.05, 0) is 30.7 Å². The Morgan fingerprint density at radius 2 is 1.83 bits per heavy atom. The fourth-order valence-corrected chi connectivity index (χ4v) is 2.96. The first-order valence-electron chi connectivity index (χ1n) is 6.97. The van der Waals surface area contributed by atoms with Gasteiger partial charge in [-0.2, -0.15) is 0 Å². The van der Waals surface area contributed by atoms with Crippen LogP contribution >= 0.6 is 0 Å². The summed E-state index contributed by atoms with van der Waals surface area (Å²) in [5.74, 6) is -2.54. The molecule has 0 saturated carbocycles. The van der Waals surface area contributed by atoms with Crippen LogP contribution in [0.3, 0.4) is 0 Å². The molecule has 5 nitrogen and oxygen atoms in total. The smallest absolute Gasteiger partial charge is 0.245 e. The Morgan fingerprint density at radius 3 is 2.42 bits per heavy atom. The van der Waals surface area contributed by atoms with E-state index in [1.807, 2.05) is 0 Å². The van der Waals surface area contributed by atoms with E-state index in [2.05, 4.69) is 5.32 Å². The lowest BCUT2D eigenvalue weighted by atomic mass is 10.2. The zero-order chi connectivity index (χ0) is 17.9. The van der Waals surface area contributed by atoms with E-state index in [0.29, 0.717) is 16.1 Å². The minimum Gasteiger partial charge on any atom is -0.324 e. The van der Waals surface area contributed by atoms with Gasteiger partial charge in [0.1, 0.15) is 18.2 Å². The molecule has 8 heteroatoms. The first-order chi connectivity index (χ1) is 11.2. The van der Waals surface area contributed by atoms with Crippen LogP contribution in [0.15, 0.2) is 42.5 Å². The number of benzene rings is 2. The molecule has 1 amide bonds. The molecule has 0 unspecified atom stereocenters. The zero-order valence-electron chi connectivity index (χ0n) is 13.1. The summed E-state index contributed by atoms with van der Waals surface area (Å²) >= 11 is 0. The van der Waals surface area contributed by atoms with Crippen molar-refractivity contribution in [1.82, 2.24) is 0 Å². The highest BCUT2D eigenvalue weighted by atomic mass is 32.2. The lowest BCUT2D eigenvalue weighted by Crippen LogP contribution is -2.38. The van der Waals surface area contributed by atoms with Gasteiger partial charge >= 0.3 is 0 Å². The van der Waals surface area contributed by atoms with Gasteiger partial charge in [0.25, 0.3) is 0 Å². The number of hydrogen-bond acceptors (Lipinski definition) is 3. The van der Waals surface area contributed by atoms with Crippen molar-refractivity contribution in [3.8, 4) is 0 Å². The number of nitrogens with one attached hydrogen (secondary N) is 1. The summed E-state index contributed by atoms with van der Waals surface area (Å²) in [5, 5.41) is 2.57. The topological polar surface area (TPSA) is 66.5 Å². The molecule has 0 saturated heterocycles. The molecular weight excluding hydrogens is 338 g/mol. The van der Waals surface area contributed by atoms with Gasteiger partial charge < -0.3 is 5.32 Å². The number of hydrogen-bond donors (Lipinski definition) is 1. The summed E-state index contributed by atoms with van der Waals surface area (Å²) in [5.41, 5.74) is 0.930. The normalized spacial score (nSPS) is 11.2. The highest BCUT2D eigenvalue weighted by Crippen LogP contribution is 2.23. The third-order valence-electron chi connectivity index (χ3n) is 3.29. The Balaban J connectivity index is 2.27. The maximum atomic E-state index is 13.9. The van der Waals surface area contributed by atoms with Gasteiger partial charge in [0.15, 0.2) is 0 Å². The molecule has 0 bridgehead atoms. The van der Waals surface area contributed by atoms with Gasteiger partial charge in [-0.3, -0.25) is 9.10 Å². The van der Waals surface area contributed by atoms with E-state index < -0.39 is 34.1 Å². The quantitative estimate of drug-likeness (QED) is 0.898. The molecule has 0 aliphatic carbocycles. The van der Waals surface area contributed by atoms with Crippen molar-refractivity contribution in [2.75, 3.05) is 22.4 Å². The first kappa shape index (κ1) is 17.9. The summed E-state index contributed by atoms with van der Waals surface area (Å²) in [6, 6.07) is 9.42. The van der Waals surface area contributed by atoms with E-state index in [0.717, 1.165) is 24.0 Å². The minimum absolute atomic E-state index is 0.390. The molecule has 0 aliphatic rings. The summed E-state index contributed by atoms with van der Waals surface area (Å²) < 4.78 is 51.3. The number of anilines is 2. The van der Waals surface area contributed by atoms with Crippen molar-refractivity contribution in [3.63, 3.8) is 0 Å². The van der Waals surface area contributed by atoms with E-state index in [4.69, 9.17) is 0 Å². The average molecular weight is 354 g/mol. The van der Waals surface area contributed by atoms with Crippen LogP contribution in [0.2, 0.25) is 0 Å². The molecule has 0 aromatic heterocycles. The van der Waals surface area contributed by atoms with Crippen LogP contribution in [0, 0.1) is 18.6 Å². The van der Waals surface area contributed by atoms with Crippen LogP contribution in [0.5, 0.6) is 0 Å². The van der Waals surface area contributed by atoms with E-state index >= 15 is 0 Å². The molecule has 2 aromatic rings. The maximum absolute atomic E-state index is 13.9. The Labute approximate surface area is 139 Å². The number of sulfonamides is 1. The molecule has 0 aliphatic heterocycles. The second-order valence-electron chi connectivity index (χ2n) is 5.23. The van der Waals surface area contributed by atoms with Gasteiger partial charge in [0.05, 0.1) is 11.9 Å². The van der Waals surface area contributed by atoms with Gasteiger partial charge in [-0.1, -0.05) is 18.2 Å². The molecule has 24 heavy (non-hydrogen) atoms. The van der Waals surface area contributed by atoms with Gasteiger partial charge in [-0.15, -0.1) is 0 Å². The zero-order valence-corrected chi connectivity index (χ0v) is 13.9. The maximum Gasteiger partial charge on any atom is 0.245 e. The Kier molecular flexibility index (Phi) is 5.18. The van der Waals surface area contributed by atoms with Crippen LogP contribution in [0.4, 0.5) is 20.2 Å². The highest BCUT2D eigenvalue weighted by Gasteiger charge is 2.24. The van der Waals surface area contributed by atoms with Gasteiger partial charge in [0.2, 0.25) is 15.9 Å². The molecule has 2 rings (SSSR count). The Bertz CT molecular complexity index is 869. The second-order valence-corrected chi connectivity index (χ2v) is 7.14. The van der Waals surface area contributed by atoms with Crippen molar-refractivity contribution in [1.29, 1.82) is 0 Å². The van der Waals surface area contributed by atoms with E-state index in [1.54, 1.807) is 31.2 Å². The number of halogens is 2. The Hall–Kier alpha value is -2.48. The predicted molar refractivity (Wildman–Crippen MR) is 88.4 cm³/mol. The average Bonchev–Trinajstić information content (AvgIpc) is 2.47. The number of aryl methyl sites for hydroxylation is 1. The number of para-hydroxylation sites is 1. The summed E-state index contributed by atoms with van der Waals surface area (Å²) in [7, 11) is -3.94. The second kappa shape index (κ2) is 6.96. The molecule has 0 spiro atoms. The molecule has 128 valence electrons. The van der Waals surface area contributed by atoms with Crippen LogP contribution in [-0.4, -0.2) is 27.1 Å². The molecule has 0 atom stereocenters.